The number of aromatic hydroxyl groups is 1. The summed E-state index contributed by atoms with van der Waals surface area (Å²) in [5, 5.41) is 9.99. The van der Waals surface area contributed by atoms with Gasteiger partial charge in [-0.2, -0.15) is 0 Å². The van der Waals surface area contributed by atoms with E-state index >= 15 is 0 Å². The summed E-state index contributed by atoms with van der Waals surface area (Å²) >= 11 is 0. The van der Waals surface area contributed by atoms with Crippen molar-refractivity contribution < 1.29 is 14.3 Å². The molecule has 0 atom stereocenters. The van der Waals surface area contributed by atoms with Gasteiger partial charge in [0.15, 0.2) is 5.76 Å². The molecule has 0 fully saturated rings. The van der Waals surface area contributed by atoms with Gasteiger partial charge in [-0.15, -0.1) is 6.42 Å². The number of ether oxygens (including phenoxy) is 1. The number of benzene rings is 2. The minimum absolute atomic E-state index is 0.00171. The molecule has 1 N–H and O–H groups in total. The molecule has 1 heterocycles. The lowest BCUT2D eigenvalue weighted by atomic mass is 10.1. The highest BCUT2D eigenvalue weighted by Gasteiger charge is 2.19. The van der Waals surface area contributed by atoms with Crippen LogP contribution in [0.2, 0.25) is 0 Å². The molecular weight excluding hydrogens is 280 g/mol. The third-order valence-electron chi connectivity index (χ3n) is 3.19. The summed E-state index contributed by atoms with van der Waals surface area (Å²) in [6.07, 6.45) is 5.20. The van der Waals surface area contributed by atoms with Crippen LogP contribution >= 0.6 is 0 Å². The van der Waals surface area contributed by atoms with E-state index < -0.39 is 5.43 Å². The monoisotopic (exact) mass is 292 g/mol. The van der Waals surface area contributed by atoms with Crippen molar-refractivity contribution in [2.75, 3.05) is 6.61 Å². The standard InChI is InChI=1S/C18H12O4/c1-2-11-21-18-16(20)15-13(19)9-6-10-14(15)22-17(18)12-7-4-3-5-8-12/h1,3-10,19H,11H2. The predicted molar refractivity (Wildman–Crippen MR) is 83.9 cm³/mol. The maximum Gasteiger partial charge on any atom is 0.239 e. The zero-order chi connectivity index (χ0) is 15.5. The number of rotatable bonds is 3. The summed E-state index contributed by atoms with van der Waals surface area (Å²) in [4.78, 5) is 12.6. The Hall–Kier alpha value is -3.19. The Kier molecular flexibility index (Phi) is 3.55. The maximum atomic E-state index is 12.6. The summed E-state index contributed by atoms with van der Waals surface area (Å²) in [6, 6.07) is 13.8. The molecule has 0 bridgehead atoms. The van der Waals surface area contributed by atoms with Crippen molar-refractivity contribution in [1.82, 2.24) is 0 Å². The van der Waals surface area contributed by atoms with Crippen LogP contribution in [0.3, 0.4) is 0 Å². The highest BCUT2D eigenvalue weighted by atomic mass is 16.5. The van der Waals surface area contributed by atoms with Crippen LogP contribution < -0.4 is 10.2 Å². The second-order valence-corrected chi connectivity index (χ2v) is 4.60. The van der Waals surface area contributed by atoms with E-state index in [0.717, 1.165) is 0 Å². The second kappa shape index (κ2) is 5.66. The van der Waals surface area contributed by atoms with E-state index in [0.29, 0.717) is 11.3 Å². The lowest BCUT2D eigenvalue weighted by Crippen LogP contribution is -2.10. The normalized spacial score (nSPS) is 10.3. The van der Waals surface area contributed by atoms with E-state index in [9.17, 15) is 9.90 Å². The van der Waals surface area contributed by atoms with Crippen molar-refractivity contribution in [3.05, 3.63) is 58.8 Å². The van der Waals surface area contributed by atoms with E-state index in [1.54, 1.807) is 24.3 Å². The molecule has 3 rings (SSSR count). The molecule has 108 valence electrons. The Morgan fingerprint density at radius 3 is 2.64 bits per heavy atom. The molecule has 22 heavy (non-hydrogen) atoms. The van der Waals surface area contributed by atoms with Crippen molar-refractivity contribution >= 4 is 11.0 Å². The third-order valence-corrected chi connectivity index (χ3v) is 3.19. The van der Waals surface area contributed by atoms with Gasteiger partial charge < -0.3 is 14.3 Å². The van der Waals surface area contributed by atoms with Crippen molar-refractivity contribution in [3.8, 4) is 35.2 Å². The largest absolute Gasteiger partial charge is 0.507 e. The van der Waals surface area contributed by atoms with Crippen molar-refractivity contribution in [2.24, 2.45) is 0 Å². The first-order valence-corrected chi connectivity index (χ1v) is 6.63. The molecule has 0 aliphatic heterocycles. The van der Waals surface area contributed by atoms with Crippen LogP contribution in [0, 0.1) is 12.3 Å². The van der Waals surface area contributed by atoms with Gasteiger partial charge in [0.1, 0.15) is 23.3 Å². The first-order valence-electron chi connectivity index (χ1n) is 6.63. The summed E-state index contributed by atoms with van der Waals surface area (Å²) in [5.74, 6) is 2.45. The lowest BCUT2D eigenvalue weighted by Gasteiger charge is -2.10. The zero-order valence-electron chi connectivity index (χ0n) is 11.6. The number of terminal acetylenes is 1. The molecule has 0 aliphatic carbocycles. The van der Waals surface area contributed by atoms with Crippen molar-refractivity contribution in [2.45, 2.75) is 0 Å². The minimum Gasteiger partial charge on any atom is -0.507 e. The third kappa shape index (κ3) is 2.29. The van der Waals surface area contributed by atoms with Crippen LogP contribution in [0.4, 0.5) is 0 Å². The summed E-state index contributed by atoms with van der Waals surface area (Å²) in [7, 11) is 0. The van der Waals surface area contributed by atoms with Gasteiger partial charge in [0, 0.05) is 5.56 Å². The first-order chi connectivity index (χ1) is 10.7. The van der Waals surface area contributed by atoms with Crippen LogP contribution in [-0.2, 0) is 0 Å². The van der Waals surface area contributed by atoms with Crippen LogP contribution in [-0.4, -0.2) is 11.7 Å². The molecule has 0 saturated heterocycles. The van der Waals surface area contributed by atoms with Crippen molar-refractivity contribution in [1.29, 1.82) is 0 Å². The smallest absolute Gasteiger partial charge is 0.239 e. The van der Waals surface area contributed by atoms with Gasteiger partial charge in [-0.1, -0.05) is 42.3 Å². The van der Waals surface area contributed by atoms with Crippen LogP contribution in [0.1, 0.15) is 0 Å². The highest BCUT2D eigenvalue weighted by Crippen LogP contribution is 2.33. The average Bonchev–Trinajstić information content (AvgIpc) is 2.54. The molecule has 0 aliphatic rings. The van der Waals surface area contributed by atoms with E-state index in [-0.39, 0.29) is 29.1 Å². The molecule has 0 amide bonds. The van der Waals surface area contributed by atoms with Crippen LogP contribution in [0.5, 0.6) is 11.5 Å². The lowest BCUT2D eigenvalue weighted by molar-refractivity contribution is 0.358. The van der Waals surface area contributed by atoms with E-state index in [1.165, 1.54) is 6.07 Å². The van der Waals surface area contributed by atoms with Gasteiger partial charge in [0.05, 0.1) is 0 Å². The van der Waals surface area contributed by atoms with Gasteiger partial charge in [0.25, 0.3) is 0 Å². The van der Waals surface area contributed by atoms with Crippen molar-refractivity contribution in [3.63, 3.8) is 0 Å². The molecule has 4 nitrogen and oxygen atoms in total. The Morgan fingerprint density at radius 1 is 1.14 bits per heavy atom. The predicted octanol–water partition coefficient (Wildman–Crippen LogP) is 3.18. The Morgan fingerprint density at radius 2 is 1.91 bits per heavy atom. The van der Waals surface area contributed by atoms with Gasteiger partial charge in [-0.05, 0) is 12.1 Å². The topological polar surface area (TPSA) is 59.7 Å². The van der Waals surface area contributed by atoms with Gasteiger partial charge in [0.2, 0.25) is 11.2 Å². The summed E-state index contributed by atoms with van der Waals surface area (Å²) < 4.78 is 11.2. The first kappa shape index (κ1) is 13.8. The second-order valence-electron chi connectivity index (χ2n) is 4.60. The number of hydrogen-bond donors (Lipinski definition) is 1. The molecule has 1 aromatic heterocycles. The molecule has 4 heteroatoms. The fourth-order valence-electron chi connectivity index (χ4n) is 2.23. The van der Waals surface area contributed by atoms with E-state index in [2.05, 4.69) is 5.92 Å². The van der Waals surface area contributed by atoms with Gasteiger partial charge in [-0.25, -0.2) is 0 Å². The minimum atomic E-state index is -0.451. The van der Waals surface area contributed by atoms with E-state index in [4.69, 9.17) is 15.6 Å². The number of phenolic OH excluding ortho intramolecular Hbond substituents is 1. The van der Waals surface area contributed by atoms with Crippen LogP contribution in [0.25, 0.3) is 22.3 Å². The number of phenols is 1. The SMILES string of the molecule is C#CCOc1c(-c2ccccc2)oc2cccc(O)c2c1=O. The zero-order valence-corrected chi connectivity index (χ0v) is 11.6. The number of hydrogen-bond acceptors (Lipinski definition) is 4. The highest BCUT2D eigenvalue weighted by molar-refractivity contribution is 5.86. The fraction of sp³-hybridized carbons (Fsp3) is 0.0556. The average molecular weight is 292 g/mol. The summed E-state index contributed by atoms with van der Waals surface area (Å²) in [5.41, 5.74) is 0.530. The molecule has 0 unspecified atom stereocenters. The fourth-order valence-corrected chi connectivity index (χ4v) is 2.23. The maximum absolute atomic E-state index is 12.6. The molecule has 0 saturated carbocycles. The quantitative estimate of drug-likeness (QED) is 0.753. The number of fused-ring (bicyclic) bond motifs is 1. The molecule has 3 aromatic rings. The Labute approximate surface area is 126 Å². The molecular formula is C18H12O4. The Balaban J connectivity index is 2.35. The molecule has 0 spiro atoms. The van der Waals surface area contributed by atoms with E-state index in [1.807, 2.05) is 18.2 Å². The Bertz CT molecular complexity index is 917. The molecule has 0 radical (unpaired) electrons. The summed E-state index contributed by atoms with van der Waals surface area (Å²) in [6.45, 7) is -0.0658. The van der Waals surface area contributed by atoms with Gasteiger partial charge >= 0.3 is 0 Å². The van der Waals surface area contributed by atoms with Crippen LogP contribution in [0.15, 0.2) is 57.7 Å². The van der Waals surface area contributed by atoms with Gasteiger partial charge in [-0.3, -0.25) is 4.79 Å². The molecule has 2 aromatic carbocycles.